The molecule has 0 aliphatic carbocycles. The van der Waals surface area contributed by atoms with Gasteiger partial charge >= 0.3 is 6.03 Å². The Morgan fingerprint density at radius 3 is 2.59 bits per heavy atom. The number of aryl methyl sites for hydroxylation is 1. The number of aliphatic hydroxyl groups is 1. The number of para-hydroxylation sites is 1. The van der Waals surface area contributed by atoms with E-state index in [4.69, 9.17) is 11.6 Å². The minimum absolute atomic E-state index is 0.0872. The summed E-state index contributed by atoms with van der Waals surface area (Å²) in [7, 11) is 0. The molecular weight excluding hydrogens is 300 g/mol. The van der Waals surface area contributed by atoms with Crippen LogP contribution in [0.3, 0.4) is 0 Å². The maximum atomic E-state index is 11.9. The third-order valence-electron chi connectivity index (χ3n) is 3.37. The van der Waals surface area contributed by atoms with Gasteiger partial charge in [0.15, 0.2) is 0 Å². The van der Waals surface area contributed by atoms with E-state index in [9.17, 15) is 9.90 Å². The third-order valence-corrected chi connectivity index (χ3v) is 3.71. The molecule has 2 amide bonds. The molecule has 0 aliphatic heterocycles. The van der Waals surface area contributed by atoms with Crippen LogP contribution in [0.4, 0.5) is 10.5 Å². The highest BCUT2D eigenvalue weighted by atomic mass is 35.5. The zero-order valence-corrected chi connectivity index (χ0v) is 13.1. The van der Waals surface area contributed by atoms with Crippen molar-refractivity contribution in [2.75, 3.05) is 11.9 Å². The molecule has 0 spiro atoms. The number of hydrogen-bond acceptors (Lipinski definition) is 2. The highest BCUT2D eigenvalue weighted by molar-refractivity contribution is 6.31. The van der Waals surface area contributed by atoms with Crippen LogP contribution in [-0.4, -0.2) is 17.7 Å². The van der Waals surface area contributed by atoms with Crippen LogP contribution in [0.2, 0.25) is 5.02 Å². The summed E-state index contributed by atoms with van der Waals surface area (Å²) < 4.78 is 0. The summed E-state index contributed by atoms with van der Waals surface area (Å²) in [6.07, 6.45) is -0.0144. The van der Waals surface area contributed by atoms with Gasteiger partial charge < -0.3 is 15.7 Å². The minimum Gasteiger partial charge on any atom is -0.387 e. The summed E-state index contributed by atoms with van der Waals surface area (Å²) in [5, 5.41) is 16.0. The van der Waals surface area contributed by atoms with E-state index in [-0.39, 0.29) is 12.6 Å². The van der Waals surface area contributed by atoms with E-state index in [2.05, 4.69) is 10.6 Å². The lowest BCUT2D eigenvalue weighted by Gasteiger charge is -2.15. The molecule has 22 heavy (non-hydrogen) atoms. The minimum atomic E-state index is -0.846. The van der Waals surface area contributed by atoms with Gasteiger partial charge in [-0.2, -0.15) is 0 Å². The summed E-state index contributed by atoms with van der Waals surface area (Å²) in [6, 6.07) is 14.3. The molecule has 0 bridgehead atoms. The van der Waals surface area contributed by atoms with E-state index in [1.165, 1.54) is 0 Å². The molecule has 3 N–H and O–H groups in total. The van der Waals surface area contributed by atoms with Crippen LogP contribution in [0, 0.1) is 0 Å². The molecule has 116 valence electrons. The van der Waals surface area contributed by atoms with Crippen molar-refractivity contribution < 1.29 is 9.90 Å². The number of nitrogens with one attached hydrogen (secondary N) is 2. The fourth-order valence-electron chi connectivity index (χ4n) is 2.16. The molecule has 0 saturated heterocycles. The summed E-state index contributed by atoms with van der Waals surface area (Å²) in [6.45, 7) is 2.11. The molecule has 0 saturated carbocycles. The van der Waals surface area contributed by atoms with E-state index < -0.39 is 6.10 Å². The first-order chi connectivity index (χ1) is 10.6. The van der Waals surface area contributed by atoms with Gasteiger partial charge in [-0.1, -0.05) is 54.9 Å². The average Bonchev–Trinajstić information content (AvgIpc) is 2.53. The highest BCUT2D eigenvalue weighted by Crippen LogP contribution is 2.22. The number of benzene rings is 2. The zero-order valence-electron chi connectivity index (χ0n) is 12.3. The van der Waals surface area contributed by atoms with E-state index in [0.717, 1.165) is 17.7 Å². The van der Waals surface area contributed by atoms with Crippen molar-refractivity contribution in [3.05, 3.63) is 64.7 Å². The third kappa shape index (κ3) is 4.23. The fourth-order valence-corrected chi connectivity index (χ4v) is 2.42. The Morgan fingerprint density at radius 1 is 1.18 bits per heavy atom. The normalized spacial score (nSPS) is 11.8. The molecule has 2 aromatic carbocycles. The van der Waals surface area contributed by atoms with Gasteiger partial charge in [0, 0.05) is 22.8 Å². The van der Waals surface area contributed by atoms with Gasteiger partial charge in [-0.3, -0.25) is 0 Å². The van der Waals surface area contributed by atoms with E-state index in [0.29, 0.717) is 10.6 Å². The molecule has 1 atom stereocenters. The Kier molecular flexibility index (Phi) is 5.81. The number of carbonyl (C=O) groups is 1. The molecule has 0 radical (unpaired) electrons. The Labute approximate surface area is 135 Å². The Hall–Kier alpha value is -2.04. The van der Waals surface area contributed by atoms with Gasteiger partial charge in [0.1, 0.15) is 0 Å². The molecule has 4 nitrogen and oxygen atoms in total. The topological polar surface area (TPSA) is 61.4 Å². The van der Waals surface area contributed by atoms with Gasteiger partial charge in [-0.05, 0) is 24.1 Å². The molecule has 0 heterocycles. The number of amides is 2. The van der Waals surface area contributed by atoms with Crippen LogP contribution < -0.4 is 10.6 Å². The van der Waals surface area contributed by atoms with Crippen LogP contribution in [0.15, 0.2) is 48.5 Å². The predicted octanol–water partition coefficient (Wildman–Crippen LogP) is 3.76. The van der Waals surface area contributed by atoms with Crippen molar-refractivity contribution in [3.63, 3.8) is 0 Å². The molecule has 2 aromatic rings. The molecule has 0 aromatic heterocycles. The van der Waals surface area contributed by atoms with Crippen molar-refractivity contribution in [2.45, 2.75) is 19.4 Å². The molecule has 0 fully saturated rings. The van der Waals surface area contributed by atoms with E-state index in [1.54, 1.807) is 24.3 Å². The Balaban J connectivity index is 1.92. The van der Waals surface area contributed by atoms with E-state index >= 15 is 0 Å². The second-order valence-electron chi connectivity index (χ2n) is 4.88. The quantitative estimate of drug-likeness (QED) is 0.786. The number of aliphatic hydroxyl groups excluding tert-OH is 1. The van der Waals surface area contributed by atoms with Gasteiger partial charge in [0.25, 0.3) is 0 Å². The smallest absolute Gasteiger partial charge is 0.319 e. The summed E-state index contributed by atoms with van der Waals surface area (Å²) >= 11 is 6.02. The first-order valence-electron chi connectivity index (χ1n) is 7.17. The van der Waals surface area contributed by atoms with Crippen molar-refractivity contribution in [2.24, 2.45) is 0 Å². The lowest BCUT2D eigenvalue weighted by Crippen LogP contribution is -2.32. The largest absolute Gasteiger partial charge is 0.387 e. The monoisotopic (exact) mass is 318 g/mol. The highest BCUT2D eigenvalue weighted by Gasteiger charge is 2.12. The van der Waals surface area contributed by atoms with Gasteiger partial charge in [-0.15, -0.1) is 0 Å². The molecule has 2 rings (SSSR count). The Morgan fingerprint density at radius 2 is 1.86 bits per heavy atom. The van der Waals surface area contributed by atoms with Crippen molar-refractivity contribution in [1.29, 1.82) is 0 Å². The van der Waals surface area contributed by atoms with Crippen molar-refractivity contribution >= 4 is 23.3 Å². The number of carbonyl (C=O) groups excluding carboxylic acids is 1. The first-order valence-corrected chi connectivity index (χ1v) is 7.55. The van der Waals surface area contributed by atoms with Crippen LogP contribution in [0.1, 0.15) is 24.2 Å². The summed E-state index contributed by atoms with van der Waals surface area (Å²) in [4.78, 5) is 11.9. The van der Waals surface area contributed by atoms with Gasteiger partial charge in [-0.25, -0.2) is 4.79 Å². The maximum Gasteiger partial charge on any atom is 0.319 e. The van der Waals surface area contributed by atoms with Crippen molar-refractivity contribution in [3.8, 4) is 0 Å². The lowest BCUT2D eigenvalue weighted by atomic mass is 10.1. The van der Waals surface area contributed by atoms with Crippen molar-refractivity contribution in [1.82, 2.24) is 5.32 Å². The maximum absolute atomic E-state index is 11.9. The molecular formula is C17H19ClN2O2. The summed E-state index contributed by atoms with van der Waals surface area (Å²) in [5.74, 6) is 0. The van der Waals surface area contributed by atoms with Crippen LogP contribution in [0.25, 0.3) is 0 Å². The van der Waals surface area contributed by atoms with Gasteiger partial charge in [0.2, 0.25) is 0 Å². The second-order valence-corrected chi connectivity index (χ2v) is 5.29. The predicted molar refractivity (Wildman–Crippen MR) is 89.3 cm³/mol. The number of rotatable bonds is 5. The second kappa shape index (κ2) is 7.82. The standard InChI is InChI=1S/C17H19ClN2O2/c1-2-12-7-3-6-10-15(12)20-17(22)19-11-16(21)13-8-4-5-9-14(13)18/h3-10,16,21H,2,11H2,1H3,(H2,19,20,22). The summed E-state index contributed by atoms with van der Waals surface area (Å²) in [5.41, 5.74) is 2.43. The number of hydrogen-bond donors (Lipinski definition) is 3. The van der Waals surface area contributed by atoms with Crippen LogP contribution in [0.5, 0.6) is 0 Å². The molecule has 1 unspecified atom stereocenters. The molecule has 0 aliphatic rings. The first kappa shape index (κ1) is 16.3. The Bertz CT molecular complexity index is 646. The average molecular weight is 319 g/mol. The van der Waals surface area contributed by atoms with Crippen LogP contribution in [-0.2, 0) is 6.42 Å². The number of halogens is 1. The van der Waals surface area contributed by atoms with E-state index in [1.807, 2.05) is 31.2 Å². The van der Waals surface area contributed by atoms with Gasteiger partial charge in [0.05, 0.1) is 6.10 Å². The number of anilines is 1. The fraction of sp³-hybridized carbons (Fsp3) is 0.235. The lowest BCUT2D eigenvalue weighted by molar-refractivity contribution is 0.175. The molecule has 5 heteroatoms. The van der Waals surface area contributed by atoms with Crippen LogP contribution >= 0.6 is 11.6 Å². The zero-order chi connectivity index (χ0) is 15.9. The number of urea groups is 1. The SMILES string of the molecule is CCc1ccccc1NC(=O)NCC(O)c1ccccc1Cl.